The molecule has 0 aromatic carbocycles. The molecule has 114 valence electrons. The van der Waals surface area contributed by atoms with Crippen LogP contribution in [0.3, 0.4) is 0 Å². The molecule has 6 nitrogen and oxygen atoms in total. The maximum absolute atomic E-state index is 12.7. The first-order chi connectivity index (χ1) is 10.0. The normalized spacial score (nSPS) is 17.8. The maximum atomic E-state index is 12.7. The summed E-state index contributed by atoms with van der Waals surface area (Å²) in [6, 6.07) is 1.56. The number of rotatable bonds is 2. The second kappa shape index (κ2) is 7.00. The maximum Gasteiger partial charge on any atom is 0.244 e. The fraction of sp³-hybridized carbons (Fsp3) is 0.500. The monoisotopic (exact) mass is 308 g/mol. The summed E-state index contributed by atoms with van der Waals surface area (Å²) >= 11 is 0. The van der Waals surface area contributed by atoms with Crippen molar-refractivity contribution >= 4 is 10.0 Å². The van der Waals surface area contributed by atoms with Gasteiger partial charge in [-0.05, 0) is 26.1 Å². The predicted molar refractivity (Wildman–Crippen MR) is 81.0 cm³/mol. The molecular weight excluding hydrogens is 288 g/mol. The average molecular weight is 308 g/mol. The lowest BCUT2D eigenvalue weighted by atomic mass is 10.3. The molecule has 0 radical (unpaired) electrons. The molecule has 0 unspecified atom stereocenters. The molecule has 1 fully saturated rings. The van der Waals surface area contributed by atoms with E-state index in [1.165, 1.54) is 16.7 Å². The fourth-order valence-corrected chi connectivity index (χ4v) is 3.65. The van der Waals surface area contributed by atoms with Crippen molar-refractivity contribution in [3.05, 3.63) is 24.0 Å². The van der Waals surface area contributed by atoms with E-state index in [1.807, 2.05) is 7.05 Å². The molecule has 1 aliphatic rings. The Hall–Kier alpha value is -1.46. The van der Waals surface area contributed by atoms with Gasteiger partial charge in [0.25, 0.3) is 0 Å². The fourth-order valence-electron chi connectivity index (χ4n) is 2.19. The van der Waals surface area contributed by atoms with Crippen molar-refractivity contribution in [3.63, 3.8) is 0 Å². The molecule has 0 spiro atoms. The lowest BCUT2D eigenvalue weighted by molar-refractivity contribution is 0.347. The van der Waals surface area contributed by atoms with Crippen molar-refractivity contribution in [2.75, 3.05) is 39.8 Å². The van der Waals surface area contributed by atoms with Crippen molar-refractivity contribution in [1.29, 1.82) is 0 Å². The standard InChI is InChI=1S/C14H20N4O2S/c1-17-6-3-7-18(9-8-17)21(19,20)14-10-13(4-2-5-15)11-16-12-14/h10-12H,3,5-9,15H2,1H3. The Morgan fingerprint density at radius 3 is 2.86 bits per heavy atom. The van der Waals surface area contributed by atoms with E-state index in [4.69, 9.17) is 5.73 Å². The topological polar surface area (TPSA) is 79.5 Å². The van der Waals surface area contributed by atoms with E-state index in [2.05, 4.69) is 21.7 Å². The number of sulfonamides is 1. The van der Waals surface area contributed by atoms with Crippen molar-refractivity contribution < 1.29 is 8.42 Å². The van der Waals surface area contributed by atoms with Crippen LogP contribution in [0, 0.1) is 11.8 Å². The van der Waals surface area contributed by atoms with Gasteiger partial charge >= 0.3 is 0 Å². The molecule has 1 saturated heterocycles. The molecule has 21 heavy (non-hydrogen) atoms. The summed E-state index contributed by atoms with van der Waals surface area (Å²) in [6.45, 7) is 2.91. The van der Waals surface area contributed by atoms with Crippen LogP contribution in [0.4, 0.5) is 0 Å². The van der Waals surface area contributed by atoms with Crippen LogP contribution in [0.15, 0.2) is 23.4 Å². The molecular formula is C14H20N4O2S. The Labute approximate surface area is 126 Å². The first-order valence-electron chi connectivity index (χ1n) is 6.87. The van der Waals surface area contributed by atoms with Gasteiger partial charge in [-0.2, -0.15) is 4.31 Å². The van der Waals surface area contributed by atoms with Gasteiger partial charge in [0.1, 0.15) is 4.90 Å². The number of pyridine rings is 1. The number of nitrogens with zero attached hydrogens (tertiary/aromatic N) is 3. The molecule has 1 aromatic rings. The van der Waals surface area contributed by atoms with Crippen LogP contribution in [-0.4, -0.2) is 62.4 Å². The highest BCUT2D eigenvalue weighted by Gasteiger charge is 2.26. The summed E-state index contributed by atoms with van der Waals surface area (Å²) in [5.41, 5.74) is 5.89. The summed E-state index contributed by atoms with van der Waals surface area (Å²) in [5.74, 6) is 5.51. The Bertz CT molecular complexity index is 648. The van der Waals surface area contributed by atoms with Crippen molar-refractivity contribution in [2.45, 2.75) is 11.3 Å². The van der Waals surface area contributed by atoms with Crippen LogP contribution < -0.4 is 5.73 Å². The van der Waals surface area contributed by atoms with Crippen LogP contribution in [0.25, 0.3) is 0 Å². The number of likely N-dealkylation sites (N-methyl/N-ethyl adjacent to an activating group) is 1. The zero-order chi connectivity index (χ0) is 15.3. The molecule has 0 bridgehead atoms. The van der Waals surface area contributed by atoms with Gasteiger partial charge in [-0.1, -0.05) is 11.8 Å². The first kappa shape index (κ1) is 15.9. The van der Waals surface area contributed by atoms with Crippen LogP contribution in [0.5, 0.6) is 0 Å². The highest BCUT2D eigenvalue weighted by atomic mass is 32.2. The van der Waals surface area contributed by atoms with Crippen molar-refractivity contribution in [3.8, 4) is 11.8 Å². The Morgan fingerprint density at radius 1 is 1.29 bits per heavy atom. The van der Waals surface area contributed by atoms with E-state index in [9.17, 15) is 8.42 Å². The Balaban J connectivity index is 2.26. The largest absolute Gasteiger partial charge is 0.320 e. The molecule has 0 saturated carbocycles. The quantitative estimate of drug-likeness (QED) is 0.760. The molecule has 0 atom stereocenters. The first-order valence-corrected chi connectivity index (χ1v) is 8.31. The van der Waals surface area contributed by atoms with Crippen LogP contribution in [-0.2, 0) is 10.0 Å². The number of hydrogen-bond acceptors (Lipinski definition) is 5. The number of hydrogen-bond donors (Lipinski definition) is 1. The summed E-state index contributed by atoms with van der Waals surface area (Å²) in [5, 5.41) is 0. The summed E-state index contributed by atoms with van der Waals surface area (Å²) < 4.78 is 26.9. The second-order valence-corrected chi connectivity index (χ2v) is 6.91. The highest BCUT2D eigenvalue weighted by molar-refractivity contribution is 7.89. The summed E-state index contributed by atoms with van der Waals surface area (Å²) in [7, 11) is -1.51. The summed E-state index contributed by atoms with van der Waals surface area (Å²) in [6.07, 6.45) is 3.74. The third kappa shape index (κ3) is 4.02. The minimum atomic E-state index is -3.51. The van der Waals surface area contributed by atoms with Gasteiger partial charge in [-0.15, -0.1) is 0 Å². The van der Waals surface area contributed by atoms with E-state index in [-0.39, 0.29) is 11.4 Å². The van der Waals surface area contributed by atoms with Gasteiger partial charge in [-0.25, -0.2) is 8.42 Å². The molecule has 2 N–H and O–H groups in total. The lowest BCUT2D eigenvalue weighted by Gasteiger charge is -2.20. The van der Waals surface area contributed by atoms with Crippen molar-refractivity contribution in [2.24, 2.45) is 5.73 Å². The van der Waals surface area contributed by atoms with Gasteiger partial charge in [0.15, 0.2) is 0 Å². The zero-order valence-electron chi connectivity index (χ0n) is 12.1. The van der Waals surface area contributed by atoms with Crippen LogP contribution in [0.1, 0.15) is 12.0 Å². The Morgan fingerprint density at radius 2 is 2.10 bits per heavy atom. The van der Waals surface area contributed by atoms with E-state index in [1.54, 1.807) is 6.07 Å². The van der Waals surface area contributed by atoms with Crippen molar-refractivity contribution in [1.82, 2.24) is 14.2 Å². The van der Waals surface area contributed by atoms with Gasteiger partial charge in [0.05, 0.1) is 6.54 Å². The molecule has 1 aliphatic heterocycles. The number of nitrogens with two attached hydrogens (primary N) is 1. The van der Waals surface area contributed by atoms with Gasteiger partial charge in [0, 0.05) is 37.6 Å². The minimum absolute atomic E-state index is 0.191. The van der Waals surface area contributed by atoms with E-state index in [0.717, 1.165) is 19.5 Å². The third-order valence-corrected chi connectivity index (χ3v) is 5.23. The van der Waals surface area contributed by atoms with E-state index < -0.39 is 10.0 Å². The molecule has 2 rings (SSSR count). The van der Waals surface area contributed by atoms with Gasteiger partial charge < -0.3 is 10.6 Å². The van der Waals surface area contributed by atoms with Gasteiger partial charge in [-0.3, -0.25) is 4.98 Å². The molecule has 0 amide bonds. The minimum Gasteiger partial charge on any atom is -0.320 e. The predicted octanol–water partition coefficient (Wildman–Crippen LogP) is -0.282. The highest BCUT2D eigenvalue weighted by Crippen LogP contribution is 2.17. The van der Waals surface area contributed by atoms with Crippen LogP contribution in [0.2, 0.25) is 0 Å². The zero-order valence-corrected chi connectivity index (χ0v) is 12.9. The van der Waals surface area contributed by atoms with E-state index in [0.29, 0.717) is 18.7 Å². The SMILES string of the molecule is CN1CCCN(S(=O)(=O)c2cncc(C#CCN)c2)CC1. The third-order valence-electron chi connectivity index (χ3n) is 3.36. The van der Waals surface area contributed by atoms with E-state index >= 15 is 0 Å². The molecule has 1 aromatic heterocycles. The number of aromatic nitrogens is 1. The second-order valence-electron chi connectivity index (χ2n) is 4.98. The smallest absolute Gasteiger partial charge is 0.244 e. The van der Waals surface area contributed by atoms with Crippen LogP contribution >= 0.6 is 0 Å². The van der Waals surface area contributed by atoms with Gasteiger partial charge in [0.2, 0.25) is 10.0 Å². The molecule has 2 heterocycles. The summed E-state index contributed by atoms with van der Waals surface area (Å²) in [4.78, 5) is 6.30. The average Bonchev–Trinajstić information content (AvgIpc) is 2.70. The Kier molecular flexibility index (Phi) is 5.31. The molecule has 7 heteroatoms. The molecule has 0 aliphatic carbocycles. The lowest BCUT2D eigenvalue weighted by Crippen LogP contribution is -2.34.